The van der Waals surface area contributed by atoms with Gasteiger partial charge >= 0.3 is 0 Å². The van der Waals surface area contributed by atoms with Crippen molar-refractivity contribution >= 4 is 17.4 Å². The van der Waals surface area contributed by atoms with E-state index in [0.29, 0.717) is 17.8 Å². The van der Waals surface area contributed by atoms with E-state index in [2.05, 4.69) is 37.0 Å². The van der Waals surface area contributed by atoms with Gasteiger partial charge in [0.1, 0.15) is 5.60 Å². The second-order valence-corrected chi connectivity index (χ2v) is 7.27. The molecule has 4 atom stereocenters. The SMILES string of the molecule is CC(C)[C@@H]1CC[C@](C)(N=C=S)[C@@H]2CC[C@](C)(OO)C=C12. The zero-order valence-electron chi connectivity index (χ0n) is 12.8. The molecule has 0 aromatic carbocycles. The first-order valence-electron chi connectivity index (χ1n) is 7.49. The minimum Gasteiger partial charge on any atom is -0.251 e. The molecule has 0 radical (unpaired) electrons. The molecule has 3 nitrogen and oxygen atoms in total. The van der Waals surface area contributed by atoms with Crippen LogP contribution in [0.1, 0.15) is 53.4 Å². The number of fused-ring (bicyclic) bond motifs is 1. The van der Waals surface area contributed by atoms with Gasteiger partial charge in [0.15, 0.2) is 0 Å². The third-order valence-electron chi connectivity index (χ3n) is 5.26. The molecule has 0 heterocycles. The van der Waals surface area contributed by atoms with Gasteiger partial charge in [-0.25, -0.2) is 9.88 Å². The van der Waals surface area contributed by atoms with Crippen molar-refractivity contribution in [2.45, 2.75) is 64.5 Å². The van der Waals surface area contributed by atoms with Crippen LogP contribution in [0, 0.1) is 17.8 Å². The summed E-state index contributed by atoms with van der Waals surface area (Å²) in [6, 6.07) is 0. The maximum atomic E-state index is 9.20. The Labute approximate surface area is 127 Å². The summed E-state index contributed by atoms with van der Waals surface area (Å²) in [5, 5.41) is 11.8. The fourth-order valence-corrected chi connectivity index (χ4v) is 4.18. The molecule has 0 aromatic heterocycles. The molecule has 4 heteroatoms. The maximum absolute atomic E-state index is 9.20. The normalized spacial score (nSPS) is 40.8. The van der Waals surface area contributed by atoms with Crippen LogP contribution in [0.25, 0.3) is 0 Å². The molecule has 1 N–H and O–H groups in total. The van der Waals surface area contributed by atoms with Crippen LogP contribution in [-0.4, -0.2) is 21.6 Å². The Bertz CT molecular complexity index is 455. The second-order valence-electron chi connectivity index (χ2n) is 7.09. The highest BCUT2D eigenvalue weighted by Crippen LogP contribution is 2.51. The van der Waals surface area contributed by atoms with E-state index in [4.69, 9.17) is 17.1 Å². The topological polar surface area (TPSA) is 41.8 Å². The summed E-state index contributed by atoms with van der Waals surface area (Å²) in [5.74, 6) is 1.52. The summed E-state index contributed by atoms with van der Waals surface area (Å²) in [7, 11) is 0. The second kappa shape index (κ2) is 5.69. The Morgan fingerprint density at radius 1 is 1.40 bits per heavy atom. The lowest BCUT2D eigenvalue weighted by molar-refractivity contribution is -0.306. The van der Waals surface area contributed by atoms with Crippen molar-refractivity contribution in [1.82, 2.24) is 0 Å². The third kappa shape index (κ3) is 2.75. The van der Waals surface area contributed by atoms with Crippen LogP contribution < -0.4 is 0 Å². The zero-order chi connectivity index (χ0) is 15.0. The lowest BCUT2D eigenvalue weighted by atomic mass is 9.59. The van der Waals surface area contributed by atoms with Gasteiger partial charge in [-0.2, -0.15) is 0 Å². The van der Waals surface area contributed by atoms with E-state index in [1.54, 1.807) is 0 Å². The van der Waals surface area contributed by atoms with E-state index < -0.39 is 5.60 Å². The molecule has 0 bridgehead atoms. The van der Waals surface area contributed by atoms with Crippen LogP contribution in [-0.2, 0) is 4.89 Å². The van der Waals surface area contributed by atoms with E-state index in [9.17, 15) is 5.26 Å². The Kier molecular flexibility index (Phi) is 4.50. The van der Waals surface area contributed by atoms with Crippen LogP contribution in [0.5, 0.6) is 0 Å². The van der Waals surface area contributed by atoms with Crippen LogP contribution >= 0.6 is 12.2 Å². The smallest absolute Gasteiger partial charge is 0.119 e. The molecule has 0 unspecified atom stereocenters. The number of aliphatic imine (C=N–C) groups is 1. The van der Waals surface area contributed by atoms with Crippen molar-refractivity contribution in [3.8, 4) is 0 Å². The Balaban J connectivity index is 2.44. The van der Waals surface area contributed by atoms with Gasteiger partial charge in [0.25, 0.3) is 0 Å². The lowest BCUT2D eigenvalue weighted by Gasteiger charge is -2.48. The molecular formula is C16H25NO2S. The first kappa shape index (κ1) is 15.8. The van der Waals surface area contributed by atoms with Gasteiger partial charge in [-0.1, -0.05) is 25.5 Å². The summed E-state index contributed by atoms with van der Waals surface area (Å²) >= 11 is 4.85. The summed E-state index contributed by atoms with van der Waals surface area (Å²) in [4.78, 5) is 9.23. The van der Waals surface area contributed by atoms with Crippen molar-refractivity contribution in [2.24, 2.45) is 22.7 Å². The average Bonchev–Trinajstić information content (AvgIpc) is 2.38. The van der Waals surface area contributed by atoms with Crippen LogP contribution in [0.15, 0.2) is 16.6 Å². The van der Waals surface area contributed by atoms with Crippen molar-refractivity contribution in [2.75, 3.05) is 0 Å². The van der Waals surface area contributed by atoms with Crippen LogP contribution in [0.4, 0.5) is 0 Å². The minimum absolute atomic E-state index is 0.143. The van der Waals surface area contributed by atoms with Gasteiger partial charge in [-0.15, -0.1) is 0 Å². The number of hydrogen-bond donors (Lipinski definition) is 1. The van der Waals surface area contributed by atoms with E-state index in [1.807, 2.05) is 6.92 Å². The molecule has 2 aliphatic carbocycles. The summed E-state index contributed by atoms with van der Waals surface area (Å²) in [5.41, 5.74) is 0.694. The minimum atomic E-state index is -0.557. The molecule has 2 rings (SSSR count). The molecule has 0 aromatic rings. The predicted molar refractivity (Wildman–Crippen MR) is 83.9 cm³/mol. The van der Waals surface area contributed by atoms with Crippen molar-refractivity contribution < 1.29 is 10.1 Å². The Morgan fingerprint density at radius 2 is 2.10 bits per heavy atom. The van der Waals surface area contributed by atoms with Gasteiger partial charge in [-0.3, -0.25) is 5.26 Å². The van der Waals surface area contributed by atoms with Gasteiger partial charge < -0.3 is 0 Å². The molecule has 1 saturated carbocycles. The van der Waals surface area contributed by atoms with Gasteiger partial charge in [-0.05, 0) is 63.6 Å². The maximum Gasteiger partial charge on any atom is 0.119 e. The molecule has 20 heavy (non-hydrogen) atoms. The largest absolute Gasteiger partial charge is 0.251 e. The quantitative estimate of drug-likeness (QED) is 0.274. The van der Waals surface area contributed by atoms with E-state index >= 15 is 0 Å². The summed E-state index contributed by atoms with van der Waals surface area (Å²) in [6.07, 6.45) is 6.09. The number of rotatable bonds is 3. The summed E-state index contributed by atoms with van der Waals surface area (Å²) < 4.78 is 0. The molecule has 1 fully saturated rings. The predicted octanol–water partition coefficient (Wildman–Crippen LogP) is 4.50. The first-order chi connectivity index (χ1) is 9.35. The van der Waals surface area contributed by atoms with Gasteiger partial charge in [0, 0.05) is 5.92 Å². The number of hydrogen-bond acceptors (Lipinski definition) is 4. The highest BCUT2D eigenvalue weighted by atomic mass is 32.1. The molecule has 0 amide bonds. The number of isothiocyanates is 1. The van der Waals surface area contributed by atoms with E-state index in [1.165, 1.54) is 5.57 Å². The van der Waals surface area contributed by atoms with Crippen molar-refractivity contribution in [3.63, 3.8) is 0 Å². The highest BCUT2D eigenvalue weighted by Gasteiger charge is 2.47. The molecule has 2 aliphatic rings. The standard InChI is InChI=1S/C16H25NO2S/c1-11(2)12-5-8-16(4,17-10-20)14-6-7-15(3,19-18)9-13(12)14/h9,11-12,14,18H,5-8H2,1-4H3/t12-,14+,15-,16-/m0/s1. The van der Waals surface area contributed by atoms with Crippen LogP contribution in [0.3, 0.4) is 0 Å². The molecule has 0 aliphatic heterocycles. The third-order valence-corrected chi connectivity index (χ3v) is 5.35. The summed E-state index contributed by atoms with van der Waals surface area (Å²) in [6.45, 7) is 8.66. The highest BCUT2D eigenvalue weighted by molar-refractivity contribution is 7.78. The Hall–Kier alpha value is -0.540. The molecule has 0 saturated heterocycles. The first-order valence-corrected chi connectivity index (χ1v) is 7.90. The fourth-order valence-electron chi connectivity index (χ4n) is 3.98. The monoisotopic (exact) mass is 295 g/mol. The average molecular weight is 295 g/mol. The molecule has 112 valence electrons. The van der Waals surface area contributed by atoms with Crippen LogP contribution in [0.2, 0.25) is 0 Å². The van der Waals surface area contributed by atoms with Crippen molar-refractivity contribution in [1.29, 1.82) is 0 Å². The van der Waals surface area contributed by atoms with Crippen molar-refractivity contribution in [3.05, 3.63) is 11.6 Å². The van der Waals surface area contributed by atoms with Gasteiger partial charge in [0.05, 0.1) is 10.7 Å². The molecule has 0 spiro atoms. The number of thiocarbonyl (C=S) groups is 1. The van der Waals surface area contributed by atoms with E-state index in [-0.39, 0.29) is 5.54 Å². The lowest BCUT2D eigenvalue weighted by Crippen LogP contribution is -2.46. The van der Waals surface area contributed by atoms with Gasteiger partial charge in [0.2, 0.25) is 0 Å². The Morgan fingerprint density at radius 3 is 2.65 bits per heavy atom. The fraction of sp³-hybridized carbons (Fsp3) is 0.812. The molecular weight excluding hydrogens is 270 g/mol. The van der Waals surface area contributed by atoms with E-state index in [0.717, 1.165) is 25.7 Å². The zero-order valence-corrected chi connectivity index (χ0v) is 13.7. The number of nitrogens with zero attached hydrogens (tertiary/aromatic N) is 1.